The summed E-state index contributed by atoms with van der Waals surface area (Å²) in [5.41, 5.74) is 4.56. The van der Waals surface area contributed by atoms with Crippen LogP contribution in [0.25, 0.3) is 0 Å². The van der Waals surface area contributed by atoms with Crippen LogP contribution in [-0.2, 0) is 26.4 Å². The number of carbonyl (C=O) groups excluding carboxylic acids is 1. The summed E-state index contributed by atoms with van der Waals surface area (Å²) in [7, 11) is 2.03. The Morgan fingerprint density at radius 1 is 1.21 bits per heavy atom. The Morgan fingerprint density at radius 3 is 2.71 bits per heavy atom. The Hall–Kier alpha value is -2.17. The van der Waals surface area contributed by atoms with Crippen molar-refractivity contribution in [1.82, 2.24) is 19.7 Å². The zero-order valence-corrected chi connectivity index (χ0v) is 14.2. The standard InChI is InChI=1S/C19H24N4O/c1-22-18-8-4-7-16(18)17(21-22)13-23(15-5-2-3-6-15)19(24)14-9-11-20-12-10-14/h9-12,15H,2-8,13H2,1H3. The van der Waals surface area contributed by atoms with Gasteiger partial charge in [-0.15, -0.1) is 0 Å². The first-order valence-corrected chi connectivity index (χ1v) is 8.98. The molecule has 0 aromatic carbocycles. The van der Waals surface area contributed by atoms with E-state index in [1.54, 1.807) is 12.4 Å². The maximum absolute atomic E-state index is 13.1. The number of pyridine rings is 1. The quantitative estimate of drug-likeness (QED) is 0.869. The van der Waals surface area contributed by atoms with Gasteiger partial charge in [0.15, 0.2) is 0 Å². The SMILES string of the molecule is Cn1nc(CN(C(=O)c2ccncc2)C2CCCC2)c2c1CCC2. The molecule has 0 unspecified atom stereocenters. The third-order valence-electron chi connectivity index (χ3n) is 5.47. The Labute approximate surface area is 142 Å². The molecule has 4 rings (SSSR count). The highest BCUT2D eigenvalue weighted by Crippen LogP contribution is 2.30. The second-order valence-electron chi connectivity index (χ2n) is 6.96. The van der Waals surface area contributed by atoms with Crippen LogP contribution in [0.15, 0.2) is 24.5 Å². The molecule has 2 aromatic heterocycles. The van der Waals surface area contributed by atoms with Gasteiger partial charge in [0.25, 0.3) is 5.91 Å². The van der Waals surface area contributed by atoms with Crippen molar-refractivity contribution in [2.75, 3.05) is 0 Å². The van der Waals surface area contributed by atoms with E-state index < -0.39 is 0 Å². The molecule has 2 aliphatic carbocycles. The Morgan fingerprint density at radius 2 is 1.96 bits per heavy atom. The molecule has 1 saturated carbocycles. The van der Waals surface area contributed by atoms with Crippen molar-refractivity contribution in [2.45, 2.75) is 57.5 Å². The maximum atomic E-state index is 13.1. The van der Waals surface area contributed by atoms with E-state index >= 15 is 0 Å². The van der Waals surface area contributed by atoms with Crippen LogP contribution in [0.3, 0.4) is 0 Å². The van der Waals surface area contributed by atoms with Crippen LogP contribution in [0.1, 0.15) is 59.4 Å². The van der Waals surface area contributed by atoms with Crippen molar-refractivity contribution in [1.29, 1.82) is 0 Å². The number of hydrogen-bond donors (Lipinski definition) is 0. The van der Waals surface area contributed by atoms with Crippen LogP contribution in [0.2, 0.25) is 0 Å². The molecule has 0 atom stereocenters. The summed E-state index contributed by atoms with van der Waals surface area (Å²) in [5, 5.41) is 4.73. The molecule has 1 fully saturated rings. The van der Waals surface area contributed by atoms with E-state index in [0.29, 0.717) is 12.6 Å². The minimum Gasteiger partial charge on any atom is -0.330 e. The number of aromatic nitrogens is 3. The van der Waals surface area contributed by atoms with Crippen molar-refractivity contribution in [2.24, 2.45) is 7.05 Å². The van der Waals surface area contributed by atoms with Gasteiger partial charge in [0.2, 0.25) is 0 Å². The van der Waals surface area contributed by atoms with Gasteiger partial charge in [-0.1, -0.05) is 12.8 Å². The summed E-state index contributed by atoms with van der Waals surface area (Å²) in [6, 6.07) is 3.96. The molecule has 2 aliphatic rings. The number of hydrogen-bond acceptors (Lipinski definition) is 3. The number of nitrogens with zero attached hydrogens (tertiary/aromatic N) is 4. The fourth-order valence-corrected chi connectivity index (χ4v) is 4.23. The lowest BCUT2D eigenvalue weighted by Crippen LogP contribution is -2.38. The van der Waals surface area contributed by atoms with Gasteiger partial charge < -0.3 is 4.90 Å². The summed E-state index contributed by atoms with van der Waals surface area (Å²) >= 11 is 0. The Kier molecular flexibility index (Phi) is 4.08. The van der Waals surface area contributed by atoms with Crippen LogP contribution in [0.4, 0.5) is 0 Å². The molecule has 0 saturated heterocycles. The van der Waals surface area contributed by atoms with Gasteiger partial charge >= 0.3 is 0 Å². The van der Waals surface area contributed by atoms with E-state index in [4.69, 9.17) is 5.10 Å². The molecule has 5 nitrogen and oxygen atoms in total. The Bertz CT molecular complexity index is 731. The molecule has 0 bridgehead atoms. The van der Waals surface area contributed by atoms with Gasteiger partial charge in [0.1, 0.15) is 0 Å². The van der Waals surface area contributed by atoms with Gasteiger partial charge in [-0.3, -0.25) is 14.5 Å². The van der Waals surface area contributed by atoms with Crippen molar-refractivity contribution in [3.05, 3.63) is 47.0 Å². The zero-order chi connectivity index (χ0) is 16.5. The maximum Gasteiger partial charge on any atom is 0.254 e. The third kappa shape index (κ3) is 2.72. The van der Waals surface area contributed by atoms with Gasteiger partial charge in [0, 0.05) is 36.7 Å². The fourth-order valence-electron chi connectivity index (χ4n) is 4.23. The molecular formula is C19H24N4O. The molecule has 0 aliphatic heterocycles. The van der Waals surface area contributed by atoms with E-state index in [1.807, 2.05) is 23.9 Å². The van der Waals surface area contributed by atoms with Gasteiger partial charge in [-0.05, 0) is 49.8 Å². The fraction of sp³-hybridized carbons (Fsp3) is 0.526. The number of fused-ring (bicyclic) bond motifs is 1. The number of aryl methyl sites for hydroxylation is 1. The van der Waals surface area contributed by atoms with Crippen LogP contribution >= 0.6 is 0 Å². The number of rotatable bonds is 4. The van der Waals surface area contributed by atoms with E-state index in [2.05, 4.69) is 9.88 Å². The highest BCUT2D eigenvalue weighted by molar-refractivity contribution is 5.94. The second-order valence-corrected chi connectivity index (χ2v) is 6.96. The molecule has 5 heteroatoms. The third-order valence-corrected chi connectivity index (χ3v) is 5.47. The lowest BCUT2D eigenvalue weighted by molar-refractivity contribution is 0.0660. The lowest BCUT2D eigenvalue weighted by atomic mass is 10.1. The van der Waals surface area contributed by atoms with Crippen molar-refractivity contribution in [3.63, 3.8) is 0 Å². The van der Waals surface area contributed by atoms with Crippen LogP contribution in [0.5, 0.6) is 0 Å². The first kappa shape index (κ1) is 15.4. The molecule has 24 heavy (non-hydrogen) atoms. The monoisotopic (exact) mass is 324 g/mol. The number of amides is 1. The highest BCUT2D eigenvalue weighted by Gasteiger charge is 2.30. The average Bonchev–Trinajstić information content (AvgIpc) is 3.33. The molecule has 0 spiro atoms. The molecule has 0 radical (unpaired) electrons. The minimum atomic E-state index is 0.113. The van der Waals surface area contributed by atoms with Gasteiger partial charge in [-0.2, -0.15) is 5.10 Å². The van der Waals surface area contributed by atoms with Crippen molar-refractivity contribution < 1.29 is 4.79 Å². The van der Waals surface area contributed by atoms with Gasteiger partial charge in [-0.25, -0.2) is 0 Å². The van der Waals surface area contributed by atoms with Crippen LogP contribution in [-0.4, -0.2) is 31.6 Å². The molecule has 126 valence electrons. The molecule has 0 N–H and O–H groups in total. The number of carbonyl (C=O) groups is 1. The first-order chi connectivity index (χ1) is 11.7. The summed E-state index contributed by atoms with van der Waals surface area (Å²) in [6.07, 6.45) is 11.4. The zero-order valence-electron chi connectivity index (χ0n) is 14.2. The predicted molar refractivity (Wildman–Crippen MR) is 91.6 cm³/mol. The largest absolute Gasteiger partial charge is 0.330 e. The molecule has 2 aromatic rings. The molecular weight excluding hydrogens is 300 g/mol. The van der Waals surface area contributed by atoms with Crippen LogP contribution in [0, 0.1) is 0 Å². The highest BCUT2D eigenvalue weighted by atomic mass is 16.2. The smallest absolute Gasteiger partial charge is 0.254 e. The first-order valence-electron chi connectivity index (χ1n) is 8.98. The minimum absolute atomic E-state index is 0.113. The molecule has 2 heterocycles. The predicted octanol–water partition coefficient (Wildman–Crippen LogP) is 2.89. The van der Waals surface area contributed by atoms with E-state index in [1.165, 1.54) is 30.5 Å². The van der Waals surface area contributed by atoms with E-state index in [-0.39, 0.29) is 5.91 Å². The van der Waals surface area contributed by atoms with Crippen LogP contribution < -0.4 is 0 Å². The lowest BCUT2D eigenvalue weighted by Gasteiger charge is -2.29. The topological polar surface area (TPSA) is 51.0 Å². The van der Waals surface area contributed by atoms with Gasteiger partial charge in [0.05, 0.1) is 12.2 Å². The summed E-state index contributed by atoms with van der Waals surface area (Å²) in [6.45, 7) is 0.634. The van der Waals surface area contributed by atoms with E-state index in [0.717, 1.165) is 36.9 Å². The van der Waals surface area contributed by atoms with E-state index in [9.17, 15) is 4.79 Å². The summed E-state index contributed by atoms with van der Waals surface area (Å²) < 4.78 is 2.02. The van der Waals surface area contributed by atoms with Crippen molar-refractivity contribution >= 4 is 5.91 Å². The molecule has 1 amide bonds. The average molecular weight is 324 g/mol. The normalized spacial score (nSPS) is 17.2. The van der Waals surface area contributed by atoms with Crippen molar-refractivity contribution in [3.8, 4) is 0 Å². The Balaban J connectivity index is 1.64. The summed E-state index contributed by atoms with van der Waals surface area (Å²) in [5.74, 6) is 0.113. The second kappa shape index (κ2) is 6.38. The summed E-state index contributed by atoms with van der Waals surface area (Å²) in [4.78, 5) is 19.2.